The second kappa shape index (κ2) is 6.17. The van der Waals surface area contributed by atoms with Gasteiger partial charge in [-0.1, -0.05) is 13.8 Å². The molecule has 6 nitrogen and oxygen atoms in total. The summed E-state index contributed by atoms with van der Waals surface area (Å²) in [4.78, 5) is 25.1. The molecule has 1 saturated heterocycles. The average molecular weight is 278 g/mol. The molecule has 1 aromatic heterocycles. The number of amides is 2. The van der Waals surface area contributed by atoms with Gasteiger partial charge in [0.15, 0.2) is 0 Å². The Morgan fingerprint density at radius 2 is 2.10 bits per heavy atom. The van der Waals surface area contributed by atoms with Gasteiger partial charge in [0.05, 0.1) is 30.9 Å². The molecule has 1 N–H and O–H groups in total. The van der Waals surface area contributed by atoms with Crippen LogP contribution in [0, 0.1) is 0 Å². The van der Waals surface area contributed by atoms with Crippen molar-refractivity contribution in [3.05, 3.63) is 18.0 Å². The van der Waals surface area contributed by atoms with Crippen LogP contribution in [0.2, 0.25) is 0 Å². The molecule has 1 fully saturated rings. The second-order valence-electron chi connectivity index (χ2n) is 5.18. The van der Waals surface area contributed by atoms with Gasteiger partial charge in [-0.05, 0) is 25.8 Å². The fourth-order valence-electron chi connectivity index (χ4n) is 2.44. The lowest BCUT2D eigenvalue weighted by Crippen LogP contribution is -2.56. The molecule has 20 heavy (non-hydrogen) atoms. The highest BCUT2D eigenvalue weighted by molar-refractivity contribution is 6.00. The first-order chi connectivity index (χ1) is 9.56. The van der Waals surface area contributed by atoms with Gasteiger partial charge in [0, 0.05) is 6.20 Å². The van der Waals surface area contributed by atoms with E-state index in [1.54, 1.807) is 6.92 Å². The standard InChI is InChI=1S/C14H22N4O2/c1-4-12(5-2)18-7-6-11(16-18)9-17-13(19)8-15-10(3)14(17)20/h6-7,10,12,15H,4-5,8-9H2,1-3H3. The molecule has 0 aromatic carbocycles. The summed E-state index contributed by atoms with van der Waals surface area (Å²) < 4.78 is 1.93. The average Bonchev–Trinajstić information content (AvgIpc) is 2.89. The van der Waals surface area contributed by atoms with E-state index in [4.69, 9.17) is 0 Å². The van der Waals surface area contributed by atoms with Crippen molar-refractivity contribution in [2.75, 3.05) is 6.54 Å². The number of nitrogens with zero attached hydrogens (tertiary/aromatic N) is 3. The fraction of sp³-hybridized carbons (Fsp3) is 0.643. The summed E-state index contributed by atoms with van der Waals surface area (Å²) in [6, 6.07) is 1.94. The Bertz CT molecular complexity index is 493. The summed E-state index contributed by atoms with van der Waals surface area (Å²) in [5.41, 5.74) is 0.757. The molecule has 2 heterocycles. The summed E-state index contributed by atoms with van der Waals surface area (Å²) in [5, 5.41) is 7.36. The van der Waals surface area contributed by atoms with Gasteiger partial charge in [0.25, 0.3) is 0 Å². The third-order valence-electron chi connectivity index (χ3n) is 3.80. The molecule has 110 valence electrons. The van der Waals surface area contributed by atoms with Gasteiger partial charge >= 0.3 is 0 Å². The molecule has 1 unspecified atom stereocenters. The van der Waals surface area contributed by atoms with Crippen molar-refractivity contribution in [2.24, 2.45) is 0 Å². The zero-order valence-electron chi connectivity index (χ0n) is 12.3. The Balaban J connectivity index is 2.09. The van der Waals surface area contributed by atoms with Crippen LogP contribution in [-0.2, 0) is 16.1 Å². The van der Waals surface area contributed by atoms with Crippen LogP contribution in [0.4, 0.5) is 0 Å². The summed E-state index contributed by atoms with van der Waals surface area (Å²) in [7, 11) is 0. The van der Waals surface area contributed by atoms with Crippen molar-refractivity contribution in [1.82, 2.24) is 20.0 Å². The van der Waals surface area contributed by atoms with Gasteiger partial charge in [-0.2, -0.15) is 5.10 Å². The van der Waals surface area contributed by atoms with E-state index in [0.717, 1.165) is 18.5 Å². The topological polar surface area (TPSA) is 67.2 Å². The highest BCUT2D eigenvalue weighted by Gasteiger charge is 2.31. The van der Waals surface area contributed by atoms with Crippen molar-refractivity contribution in [2.45, 2.75) is 52.2 Å². The summed E-state index contributed by atoms with van der Waals surface area (Å²) in [6.45, 7) is 6.49. The largest absolute Gasteiger partial charge is 0.298 e. The molecule has 2 rings (SSSR count). The van der Waals surface area contributed by atoms with E-state index in [0.29, 0.717) is 6.04 Å². The van der Waals surface area contributed by atoms with Crippen molar-refractivity contribution < 1.29 is 9.59 Å². The minimum Gasteiger partial charge on any atom is -0.298 e. The first kappa shape index (κ1) is 14.7. The van der Waals surface area contributed by atoms with Gasteiger partial charge in [-0.25, -0.2) is 0 Å². The molecule has 1 aliphatic heterocycles. The number of piperazine rings is 1. The molecule has 1 atom stereocenters. The number of nitrogens with one attached hydrogen (secondary N) is 1. The Kier molecular flexibility index (Phi) is 4.54. The SMILES string of the molecule is CCC(CC)n1ccc(CN2C(=O)CNC(C)C2=O)n1. The van der Waals surface area contributed by atoms with Crippen LogP contribution >= 0.6 is 0 Å². The lowest BCUT2D eigenvalue weighted by Gasteiger charge is -2.29. The first-order valence-corrected chi connectivity index (χ1v) is 7.18. The predicted octanol–water partition coefficient (Wildman–Crippen LogP) is 1.09. The van der Waals surface area contributed by atoms with Crippen molar-refractivity contribution in [3.8, 4) is 0 Å². The number of carbonyl (C=O) groups is 2. The normalized spacial score (nSPS) is 20.0. The molecule has 0 saturated carbocycles. The summed E-state index contributed by atoms with van der Waals surface area (Å²) >= 11 is 0. The van der Waals surface area contributed by atoms with E-state index < -0.39 is 0 Å². The Morgan fingerprint density at radius 3 is 2.75 bits per heavy atom. The zero-order chi connectivity index (χ0) is 14.7. The quantitative estimate of drug-likeness (QED) is 0.819. The third kappa shape index (κ3) is 2.90. The first-order valence-electron chi connectivity index (χ1n) is 7.18. The van der Waals surface area contributed by atoms with E-state index in [9.17, 15) is 9.59 Å². The minimum atomic E-state index is -0.311. The molecular weight excluding hydrogens is 256 g/mol. The number of hydrogen-bond acceptors (Lipinski definition) is 4. The number of hydrogen-bond donors (Lipinski definition) is 1. The number of carbonyl (C=O) groups excluding carboxylic acids is 2. The maximum Gasteiger partial charge on any atom is 0.246 e. The van der Waals surface area contributed by atoms with Crippen LogP contribution in [0.5, 0.6) is 0 Å². The van der Waals surface area contributed by atoms with E-state index in [-0.39, 0.29) is 30.9 Å². The molecule has 0 radical (unpaired) electrons. The maximum absolute atomic E-state index is 12.0. The zero-order valence-corrected chi connectivity index (χ0v) is 12.3. The van der Waals surface area contributed by atoms with Crippen LogP contribution in [0.15, 0.2) is 12.3 Å². The molecule has 6 heteroatoms. The molecule has 0 aliphatic carbocycles. The second-order valence-corrected chi connectivity index (χ2v) is 5.18. The number of rotatable bonds is 5. The van der Waals surface area contributed by atoms with Crippen molar-refractivity contribution in [3.63, 3.8) is 0 Å². The van der Waals surface area contributed by atoms with Gasteiger partial charge in [0.2, 0.25) is 11.8 Å². The molecule has 2 amide bonds. The van der Waals surface area contributed by atoms with Crippen LogP contribution in [0.3, 0.4) is 0 Å². The van der Waals surface area contributed by atoms with E-state index in [1.165, 1.54) is 4.90 Å². The van der Waals surface area contributed by atoms with Gasteiger partial charge in [0.1, 0.15) is 0 Å². The molecule has 0 bridgehead atoms. The van der Waals surface area contributed by atoms with Gasteiger partial charge in [-0.15, -0.1) is 0 Å². The molecular formula is C14H22N4O2. The van der Waals surface area contributed by atoms with Crippen LogP contribution in [-0.4, -0.2) is 39.1 Å². The monoisotopic (exact) mass is 278 g/mol. The summed E-state index contributed by atoms with van der Waals surface area (Å²) in [6.07, 6.45) is 3.95. The molecule has 1 aliphatic rings. The highest BCUT2D eigenvalue weighted by Crippen LogP contribution is 2.15. The Morgan fingerprint density at radius 1 is 1.40 bits per heavy atom. The number of aromatic nitrogens is 2. The lowest BCUT2D eigenvalue weighted by molar-refractivity contribution is -0.149. The van der Waals surface area contributed by atoms with Gasteiger partial charge < -0.3 is 0 Å². The summed E-state index contributed by atoms with van der Waals surface area (Å²) in [5.74, 6) is -0.372. The minimum absolute atomic E-state index is 0.182. The van der Waals surface area contributed by atoms with Gasteiger partial charge in [-0.3, -0.25) is 24.5 Å². The smallest absolute Gasteiger partial charge is 0.246 e. The van der Waals surface area contributed by atoms with Crippen LogP contribution in [0.1, 0.15) is 45.3 Å². The number of imide groups is 1. The van der Waals surface area contributed by atoms with Crippen LogP contribution < -0.4 is 5.32 Å². The van der Waals surface area contributed by atoms with E-state index in [2.05, 4.69) is 24.3 Å². The maximum atomic E-state index is 12.0. The van der Waals surface area contributed by atoms with Crippen molar-refractivity contribution in [1.29, 1.82) is 0 Å². The van der Waals surface area contributed by atoms with E-state index >= 15 is 0 Å². The molecule has 0 spiro atoms. The molecule has 1 aromatic rings. The van der Waals surface area contributed by atoms with Crippen molar-refractivity contribution >= 4 is 11.8 Å². The predicted molar refractivity (Wildman–Crippen MR) is 74.9 cm³/mol. The Labute approximate surface area is 119 Å². The van der Waals surface area contributed by atoms with E-state index in [1.807, 2.05) is 16.9 Å². The third-order valence-corrected chi connectivity index (χ3v) is 3.80. The highest BCUT2D eigenvalue weighted by atomic mass is 16.2. The fourth-order valence-corrected chi connectivity index (χ4v) is 2.44. The Hall–Kier alpha value is -1.69. The van der Waals surface area contributed by atoms with Crippen LogP contribution in [0.25, 0.3) is 0 Å². The lowest BCUT2D eigenvalue weighted by atomic mass is 10.2.